The van der Waals surface area contributed by atoms with Crippen LogP contribution in [0.4, 0.5) is 17.4 Å². The van der Waals surface area contributed by atoms with Crippen molar-refractivity contribution in [2.75, 3.05) is 54.4 Å². The molecular formula is C20H26ClN7O3. The average molecular weight is 448 g/mol. The molecule has 5 rings (SSSR count). The first kappa shape index (κ1) is 21.4. The number of hydrogen-bond acceptors (Lipinski definition) is 8. The summed E-state index contributed by atoms with van der Waals surface area (Å²) < 4.78 is 7.32. The van der Waals surface area contributed by atoms with Crippen LogP contribution in [0.1, 0.15) is 16.9 Å². The number of carbonyl (C=O) groups is 1. The zero-order chi connectivity index (χ0) is 20.7. The molecule has 0 saturated carbocycles. The number of aryl methyl sites for hydroxylation is 1. The van der Waals surface area contributed by atoms with Gasteiger partial charge in [0.2, 0.25) is 0 Å². The summed E-state index contributed by atoms with van der Waals surface area (Å²) in [5.41, 5.74) is 2.68. The van der Waals surface area contributed by atoms with Crippen molar-refractivity contribution in [1.29, 1.82) is 0 Å². The molecule has 4 heterocycles. The molecule has 2 fully saturated rings. The van der Waals surface area contributed by atoms with Gasteiger partial charge in [-0.15, -0.1) is 12.4 Å². The number of aliphatic hydroxyl groups is 1. The third-order valence-corrected chi connectivity index (χ3v) is 5.73. The molecule has 11 heteroatoms. The molecule has 3 aromatic rings. The summed E-state index contributed by atoms with van der Waals surface area (Å²) in [5.74, 6) is -0.331. The number of halogens is 1. The number of benzene rings is 1. The number of β-amino-alcohol motifs (C(OH)–C–C–N with tert-alkyl or cyclic N) is 1. The van der Waals surface area contributed by atoms with Crippen molar-refractivity contribution in [3.8, 4) is 0 Å². The van der Waals surface area contributed by atoms with Gasteiger partial charge in [0.05, 0.1) is 29.2 Å². The van der Waals surface area contributed by atoms with Crippen molar-refractivity contribution >= 4 is 46.6 Å². The summed E-state index contributed by atoms with van der Waals surface area (Å²) >= 11 is 0. The van der Waals surface area contributed by atoms with Crippen LogP contribution in [0.3, 0.4) is 0 Å². The van der Waals surface area contributed by atoms with E-state index >= 15 is 0 Å². The number of carbonyl (C=O) groups excluding carboxylic acids is 1. The van der Waals surface area contributed by atoms with Crippen molar-refractivity contribution in [3.05, 3.63) is 30.3 Å². The van der Waals surface area contributed by atoms with Crippen LogP contribution in [-0.4, -0.2) is 71.2 Å². The van der Waals surface area contributed by atoms with E-state index in [2.05, 4.69) is 25.6 Å². The van der Waals surface area contributed by atoms with Gasteiger partial charge in [0.25, 0.3) is 11.9 Å². The van der Waals surface area contributed by atoms with E-state index < -0.39 is 0 Å². The van der Waals surface area contributed by atoms with Crippen LogP contribution in [0, 0.1) is 0 Å². The first-order valence-electron chi connectivity index (χ1n) is 10.2. The molecule has 31 heavy (non-hydrogen) atoms. The lowest BCUT2D eigenvalue weighted by Crippen LogP contribution is -2.43. The Bertz CT molecular complexity index is 1080. The highest BCUT2D eigenvalue weighted by atomic mass is 35.5. The Hall–Kier alpha value is -2.82. The predicted molar refractivity (Wildman–Crippen MR) is 120 cm³/mol. The molecule has 1 amide bonds. The van der Waals surface area contributed by atoms with Crippen LogP contribution in [0.5, 0.6) is 0 Å². The van der Waals surface area contributed by atoms with Gasteiger partial charge in [-0.1, -0.05) is 0 Å². The van der Waals surface area contributed by atoms with Gasteiger partial charge in [-0.25, -0.2) is 0 Å². The van der Waals surface area contributed by atoms with Gasteiger partial charge >= 0.3 is 0 Å². The minimum absolute atomic E-state index is 0. The van der Waals surface area contributed by atoms with Crippen molar-refractivity contribution in [1.82, 2.24) is 20.1 Å². The highest BCUT2D eigenvalue weighted by molar-refractivity contribution is 6.06. The van der Waals surface area contributed by atoms with Crippen molar-refractivity contribution in [3.63, 3.8) is 0 Å². The van der Waals surface area contributed by atoms with Gasteiger partial charge in [0.1, 0.15) is 6.26 Å². The Kier molecular flexibility index (Phi) is 6.03. The Morgan fingerprint density at radius 2 is 2.06 bits per heavy atom. The zero-order valence-corrected chi connectivity index (χ0v) is 18.1. The number of rotatable bonds is 4. The molecule has 3 N–H and O–H groups in total. The maximum absolute atomic E-state index is 12.9. The second kappa shape index (κ2) is 8.74. The molecule has 2 aliphatic heterocycles. The second-order valence-corrected chi connectivity index (χ2v) is 7.79. The monoisotopic (exact) mass is 447 g/mol. The molecule has 10 nitrogen and oxygen atoms in total. The number of aromatic nitrogens is 3. The lowest BCUT2D eigenvalue weighted by Gasteiger charge is -2.25. The van der Waals surface area contributed by atoms with Gasteiger partial charge in [-0.3, -0.25) is 9.48 Å². The van der Waals surface area contributed by atoms with Gasteiger partial charge in [0, 0.05) is 51.7 Å². The van der Waals surface area contributed by atoms with E-state index in [1.165, 1.54) is 6.26 Å². The van der Waals surface area contributed by atoms with Crippen molar-refractivity contribution < 1.29 is 14.3 Å². The van der Waals surface area contributed by atoms with Gasteiger partial charge in [0.15, 0.2) is 5.69 Å². The number of nitrogens with one attached hydrogen (secondary N) is 2. The Morgan fingerprint density at radius 1 is 1.26 bits per heavy atom. The van der Waals surface area contributed by atoms with E-state index in [4.69, 9.17) is 4.42 Å². The average Bonchev–Trinajstić information content (AvgIpc) is 3.49. The quantitative estimate of drug-likeness (QED) is 0.547. The molecule has 1 aromatic carbocycles. The highest BCUT2D eigenvalue weighted by Gasteiger charge is 2.25. The summed E-state index contributed by atoms with van der Waals surface area (Å²) in [6.07, 6.45) is 3.54. The fourth-order valence-corrected chi connectivity index (χ4v) is 4.07. The van der Waals surface area contributed by atoms with Gasteiger partial charge < -0.3 is 30.0 Å². The van der Waals surface area contributed by atoms with E-state index in [-0.39, 0.29) is 30.1 Å². The molecule has 2 aromatic heterocycles. The number of piperazine rings is 1. The molecule has 166 valence electrons. The molecule has 1 unspecified atom stereocenters. The molecule has 0 aliphatic carbocycles. The maximum Gasteiger partial charge on any atom is 0.298 e. The number of anilines is 3. The van der Waals surface area contributed by atoms with E-state index in [0.717, 1.165) is 49.3 Å². The number of aliphatic hydroxyl groups excluding tert-OH is 1. The SMILES string of the molecule is Cl.Cn1ncc2cc(N3CCC(O)C3)c(NC(=O)c3coc(N4CCNCC4)n3)cc21. The largest absolute Gasteiger partial charge is 0.431 e. The Labute approximate surface area is 185 Å². The number of amides is 1. The lowest BCUT2D eigenvalue weighted by molar-refractivity contribution is 0.102. The highest BCUT2D eigenvalue weighted by Crippen LogP contribution is 2.34. The molecule has 0 radical (unpaired) electrons. The molecule has 2 aliphatic rings. The molecule has 1 atom stereocenters. The fourth-order valence-electron chi connectivity index (χ4n) is 4.07. The van der Waals surface area contributed by atoms with Gasteiger partial charge in [-0.2, -0.15) is 10.1 Å². The standard InChI is InChI=1S/C20H25N7O3.ClH/c1-25-17-9-15(18(8-13(17)10-22-25)27-5-2-14(28)11-27)23-19(29)16-12-30-20(24-16)26-6-3-21-4-7-26;/h8-10,12,14,21,28H,2-7,11H2,1H3,(H,23,29);1H. The summed E-state index contributed by atoms with van der Waals surface area (Å²) in [4.78, 5) is 21.4. The summed E-state index contributed by atoms with van der Waals surface area (Å²) in [6, 6.07) is 4.38. The normalized spacial score (nSPS) is 19.0. The van der Waals surface area contributed by atoms with Crippen molar-refractivity contribution in [2.45, 2.75) is 12.5 Å². The van der Waals surface area contributed by atoms with E-state index in [9.17, 15) is 9.90 Å². The number of fused-ring (bicyclic) bond motifs is 1. The fraction of sp³-hybridized carbons (Fsp3) is 0.450. The van der Waals surface area contributed by atoms with Crippen LogP contribution >= 0.6 is 12.4 Å². The van der Waals surface area contributed by atoms with Crippen LogP contribution < -0.4 is 20.4 Å². The van der Waals surface area contributed by atoms with E-state index in [1.54, 1.807) is 10.9 Å². The lowest BCUT2D eigenvalue weighted by atomic mass is 10.1. The van der Waals surface area contributed by atoms with Crippen LogP contribution in [0.15, 0.2) is 29.0 Å². The minimum atomic E-state index is -0.365. The van der Waals surface area contributed by atoms with E-state index in [1.807, 2.05) is 24.1 Å². The Balaban J connectivity index is 0.00000231. The topological polar surface area (TPSA) is 112 Å². The summed E-state index contributed by atoms with van der Waals surface area (Å²) in [7, 11) is 1.87. The third kappa shape index (κ3) is 4.18. The van der Waals surface area contributed by atoms with Crippen LogP contribution in [-0.2, 0) is 7.05 Å². The van der Waals surface area contributed by atoms with Crippen molar-refractivity contribution in [2.24, 2.45) is 7.05 Å². The zero-order valence-electron chi connectivity index (χ0n) is 17.2. The summed E-state index contributed by atoms with van der Waals surface area (Å²) in [5, 5.41) is 21.5. The molecular weight excluding hydrogens is 422 g/mol. The number of hydrogen-bond donors (Lipinski definition) is 3. The first-order chi connectivity index (χ1) is 14.6. The first-order valence-corrected chi connectivity index (χ1v) is 10.2. The number of nitrogens with zero attached hydrogens (tertiary/aromatic N) is 5. The maximum atomic E-state index is 12.9. The Morgan fingerprint density at radius 3 is 2.81 bits per heavy atom. The summed E-state index contributed by atoms with van der Waals surface area (Å²) in [6.45, 7) is 4.57. The minimum Gasteiger partial charge on any atom is -0.431 e. The molecule has 0 bridgehead atoms. The van der Waals surface area contributed by atoms with Gasteiger partial charge in [-0.05, 0) is 18.6 Å². The molecule has 2 saturated heterocycles. The second-order valence-electron chi connectivity index (χ2n) is 7.79. The predicted octanol–water partition coefficient (Wildman–Crippen LogP) is 1.22. The smallest absolute Gasteiger partial charge is 0.298 e. The van der Waals surface area contributed by atoms with Crippen LogP contribution in [0.25, 0.3) is 10.9 Å². The van der Waals surface area contributed by atoms with E-state index in [0.29, 0.717) is 24.7 Å². The molecule has 0 spiro atoms. The van der Waals surface area contributed by atoms with Crippen LogP contribution in [0.2, 0.25) is 0 Å². The third-order valence-electron chi connectivity index (χ3n) is 5.73. The number of oxazole rings is 1.